The van der Waals surface area contributed by atoms with Gasteiger partial charge in [-0.05, 0) is 18.6 Å². The number of carbonyl (C=O) groups is 2. The first kappa shape index (κ1) is 20.1. The largest absolute Gasteiger partial charge is 0.350 e. The van der Waals surface area contributed by atoms with Crippen LogP contribution < -0.4 is 11.2 Å². The topological polar surface area (TPSA) is 89.5 Å². The molecule has 154 valence electrons. The molecule has 3 N–H and O–H groups in total. The number of Topliss-reactive ketones (excluding diaryl/α,β-unsaturated/α-hetero) is 1. The highest BCUT2D eigenvalue weighted by Crippen LogP contribution is 2.33. The number of primary amides is 1. The van der Waals surface area contributed by atoms with Crippen molar-refractivity contribution in [3.8, 4) is 11.3 Å². The Kier molecular flexibility index (Phi) is 5.62. The molecule has 0 atom stereocenters. The quantitative estimate of drug-likeness (QED) is 0.278. The molecule has 0 unspecified atom stereocenters. The van der Waals surface area contributed by atoms with Gasteiger partial charge >= 0.3 is 6.03 Å². The van der Waals surface area contributed by atoms with E-state index in [9.17, 15) is 9.59 Å². The van der Waals surface area contributed by atoms with Crippen molar-refractivity contribution in [1.82, 2.24) is 9.99 Å². The van der Waals surface area contributed by atoms with Gasteiger partial charge < -0.3 is 10.3 Å². The third-order valence-electron chi connectivity index (χ3n) is 5.10. The fraction of sp³-hybridized carbons (Fsp3) is 0.0800. The number of urea groups is 1. The number of hydrazone groups is 1. The first-order chi connectivity index (χ1) is 15.0. The number of fused-ring (bicyclic) bond motifs is 1. The first-order valence-corrected chi connectivity index (χ1v) is 9.89. The van der Waals surface area contributed by atoms with Gasteiger partial charge in [-0.25, -0.2) is 10.2 Å². The molecule has 4 aromatic rings. The van der Waals surface area contributed by atoms with Gasteiger partial charge in [-0.2, -0.15) is 5.10 Å². The maximum absolute atomic E-state index is 13.1. The second-order valence-electron chi connectivity index (χ2n) is 7.26. The second-order valence-corrected chi connectivity index (χ2v) is 7.26. The molecule has 0 saturated carbocycles. The molecule has 0 fully saturated rings. The number of aromatic nitrogens is 1. The minimum atomic E-state index is -0.740. The molecule has 0 spiro atoms. The Bertz CT molecular complexity index is 1270. The lowest BCUT2D eigenvalue weighted by molar-refractivity contribution is 0.0974. The van der Waals surface area contributed by atoms with E-state index in [1.165, 1.54) is 0 Å². The number of hydrogen-bond acceptors (Lipinski definition) is 3. The van der Waals surface area contributed by atoms with E-state index in [1.807, 2.05) is 90.4 Å². The molecule has 0 aliphatic carbocycles. The standard InChI is InChI=1S/C25H22N4O2/c1-17-11-13-18(14-12-17)23(30)16-29-22-10-6-5-9-20(22)21(15-27-28-25(26)31)24(29)19-7-3-2-4-8-19/h2-15H,16H2,1H3,(H3,26,28,31)/b27-15+. The lowest BCUT2D eigenvalue weighted by atomic mass is 10.1. The summed E-state index contributed by atoms with van der Waals surface area (Å²) in [6, 6.07) is 24.5. The molecule has 1 heterocycles. The van der Waals surface area contributed by atoms with Crippen molar-refractivity contribution in [1.29, 1.82) is 0 Å². The van der Waals surface area contributed by atoms with Gasteiger partial charge in [-0.1, -0.05) is 78.4 Å². The lowest BCUT2D eigenvalue weighted by Gasteiger charge is -2.12. The summed E-state index contributed by atoms with van der Waals surface area (Å²) in [7, 11) is 0. The highest BCUT2D eigenvalue weighted by Gasteiger charge is 2.19. The van der Waals surface area contributed by atoms with E-state index in [1.54, 1.807) is 6.21 Å². The fourth-order valence-corrected chi connectivity index (χ4v) is 3.67. The maximum Gasteiger partial charge on any atom is 0.332 e. The molecular weight excluding hydrogens is 388 g/mol. The van der Waals surface area contributed by atoms with Gasteiger partial charge in [0.15, 0.2) is 5.78 Å². The molecule has 0 saturated heterocycles. The molecule has 0 radical (unpaired) electrons. The van der Waals surface area contributed by atoms with Gasteiger partial charge in [-0.15, -0.1) is 0 Å². The molecule has 2 amide bonds. The van der Waals surface area contributed by atoms with Gasteiger partial charge in [0.25, 0.3) is 0 Å². The van der Waals surface area contributed by atoms with Crippen molar-refractivity contribution in [2.45, 2.75) is 13.5 Å². The van der Waals surface area contributed by atoms with Crippen molar-refractivity contribution in [2.75, 3.05) is 0 Å². The van der Waals surface area contributed by atoms with Gasteiger partial charge in [-0.3, -0.25) is 4.79 Å². The van der Waals surface area contributed by atoms with Crippen LogP contribution in [-0.2, 0) is 6.54 Å². The van der Waals surface area contributed by atoms with Gasteiger partial charge in [0, 0.05) is 22.0 Å². The van der Waals surface area contributed by atoms with E-state index >= 15 is 0 Å². The van der Waals surface area contributed by atoms with Crippen LogP contribution in [0.2, 0.25) is 0 Å². The summed E-state index contributed by atoms with van der Waals surface area (Å²) in [5.41, 5.74) is 12.7. The zero-order valence-electron chi connectivity index (χ0n) is 17.1. The van der Waals surface area contributed by atoms with Crippen LogP contribution in [0, 0.1) is 6.92 Å². The summed E-state index contributed by atoms with van der Waals surface area (Å²) < 4.78 is 2.00. The number of rotatable bonds is 6. The Morgan fingerprint density at radius 3 is 2.35 bits per heavy atom. The fourth-order valence-electron chi connectivity index (χ4n) is 3.67. The third kappa shape index (κ3) is 4.23. The summed E-state index contributed by atoms with van der Waals surface area (Å²) in [4.78, 5) is 24.2. The second kappa shape index (κ2) is 8.67. The predicted molar refractivity (Wildman–Crippen MR) is 123 cm³/mol. The molecule has 6 nitrogen and oxygen atoms in total. The smallest absolute Gasteiger partial charge is 0.332 e. The molecule has 0 aliphatic heterocycles. The van der Waals surface area contributed by atoms with Crippen molar-refractivity contribution in [3.05, 3.63) is 95.6 Å². The zero-order valence-corrected chi connectivity index (χ0v) is 17.1. The summed E-state index contributed by atoms with van der Waals surface area (Å²) in [6.45, 7) is 2.16. The molecule has 31 heavy (non-hydrogen) atoms. The minimum Gasteiger partial charge on any atom is -0.350 e. The van der Waals surface area contributed by atoms with Gasteiger partial charge in [0.1, 0.15) is 0 Å². The molecule has 0 aliphatic rings. The molecule has 0 bridgehead atoms. The molecule has 6 heteroatoms. The monoisotopic (exact) mass is 410 g/mol. The Morgan fingerprint density at radius 1 is 0.968 bits per heavy atom. The van der Waals surface area contributed by atoms with Crippen LogP contribution in [0.25, 0.3) is 22.2 Å². The average Bonchev–Trinajstić information content (AvgIpc) is 3.08. The van der Waals surface area contributed by atoms with Crippen LogP contribution in [-0.4, -0.2) is 22.6 Å². The number of nitrogens with two attached hydrogens (primary N) is 1. The zero-order chi connectivity index (χ0) is 21.8. The van der Waals surface area contributed by atoms with Crippen LogP contribution in [0.15, 0.2) is 84.0 Å². The molecule has 4 rings (SSSR count). The summed E-state index contributed by atoms with van der Waals surface area (Å²) in [5.74, 6) is 0.0108. The Hall–Kier alpha value is -4.19. The number of ketones is 1. The Morgan fingerprint density at radius 2 is 1.65 bits per heavy atom. The summed E-state index contributed by atoms with van der Waals surface area (Å²) >= 11 is 0. The van der Waals surface area contributed by atoms with E-state index in [4.69, 9.17) is 5.73 Å². The number of aryl methyl sites for hydroxylation is 1. The van der Waals surface area contributed by atoms with Crippen molar-refractivity contribution < 1.29 is 9.59 Å². The molecule has 1 aromatic heterocycles. The van der Waals surface area contributed by atoms with Crippen LogP contribution in [0.1, 0.15) is 21.5 Å². The molecular formula is C25H22N4O2. The lowest BCUT2D eigenvalue weighted by Crippen LogP contribution is -2.24. The summed E-state index contributed by atoms with van der Waals surface area (Å²) in [5, 5.41) is 4.91. The van der Waals surface area contributed by atoms with E-state index in [0.717, 1.165) is 33.3 Å². The highest BCUT2D eigenvalue weighted by atomic mass is 16.2. The van der Waals surface area contributed by atoms with E-state index < -0.39 is 6.03 Å². The van der Waals surface area contributed by atoms with Crippen LogP contribution in [0.4, 0.5) is 4.79 Å². The number of benzene rings is 3. The predicted octanol–water partition coefficient (Wildman–Crippen LogP) is 4.50. The highest BCUT2D eigenvalue weighted by molar-refractivity contribution is 6.08. The minimum absolute atomic E-state index is 0.0108. The van der Waals surface area contributed by atoms with E-state index in [-0.39, 0.29) is 12.3 Å². The first-order valence-electron chi connectivity index (χ1n) is 9.89. The van der Waals surface area contributed by atoms with Crippen LogP contribution in [0.3, 0.4) is 0 Å². The van der Waals surface area contributed by atoms with Crippen LogP contribution in [0.5, 0.6) is 0 Å². The number of carbonyl (C=O) groups excluding carboxylic acids is 2. The van der Waals surface area contributed by atoms with Crippen LogP contribution >= 0.6 is 0 Å². The van der Waals surface area contributed by atoms with Crippen molar-refractivity contribution in [3.63, 3.8) is 0 Å². The van der Waals surface area contributed by atoms with E-state index in [0.29, 0.717) is 5.56 Å². The maximum atomic E-state index is 13.1. The van der Waals surface area contributed by atoms with E-state index in [2.05, 4.69) is 10.5 Å². The van der Waals surface area contributed by atoms with Crippen molar-refractivity contribution in [2.24, 2.45) is 10.8 Å². The normalized spacial score (nSPS) is 11.1. The number of nitrogens with zero attached hydrogens (tertiary/aromatic N) is 2. The number of nitrogens with one attached hydrogen (secondary N) is 1. The Labute approximate surface area is 180 Å². The number of para-hydroxylation sites is 1. The van der Waals surface area contributed by atoms with Gasteiger partial charge in [0.2, 0.25) is 0 Å². The van der Waals surface area contributed by atoms with Gasteiger partial charge in [0.05, 0.1) is 18.5 Å². The van der Waals surface area contributed by atoms with Crippen molar-refractivity contribution >= 4 is 28.9 Å². The summed E-state index contributed by atoms with van der Waals surface area (Å²) in [6.07, 6.45) is 1.57. The number of amides is 2. The number of hydrogen-bond donors (Lipinski definition) is 2. The average molecular weight is 410 g/mol. The Balaban J connectivity index is 1.89. The SMILES string of the molecule is Cc1ccc(C(=O)Cn2c(-c3ccccc3)c(/C=N/NC(N)=O)c3ccccc32)cc1. The molecule has 3 aromatic carbocycles. The third-order valence-corrected chi connectivity index (χ3v) is 5.10.